The monoisotopic (exact) mass is 359 g/mol. The van der Waals surface area contributed by atoms with E-state index in [-0.39, 0.29) is 24.3 Å². The molecular formula is C20H30BNO4. The second kappa shape index (κ2) is 6.66. The van der Waals surface area contributed by atoms with Crippen molar-refractivity contribution in [3.63, 3.8) is 0 Å². The number of likely N-dealkylation sites (N-methyl/N-ethyl adjacent to an activating group) is 1. The minimum absolute atomic E-state index is 0.132. The largest absolute Gasteiger partial charge is 0.494 e. The van der Waals surface area contributed by atoms with Gasteiger partial charge in [0.15, 0.2) is 0 Å². The molecule has 0 saturated carbocycles. The van der Waals surface area contributed by atoms with Crippen molar-refractivity contribution in [3.8, 4) is 0 Å². The van der Waals surface area contributed by atoms with Crippen molar-refractivity contribution in [1.82, 2.24) is 4.90 Å². The van der Waals surface area contributed by atoms with Gasteiger partial charge < -0.3 is 18.9 Å². The molecule has 5 nitrogen and oxygen atoms in total. The number of hydrogen-bond acceptors (Lipinski definition) is 5. The van der Waals surface area contributed by atoms with Crippen LogP contribution in [0.2, 0.25) is 0 Å². The smallest absolute Gasteiger partial charge is 0.465 e. The lowest BCUT2D eigenvalue weighted by Gasteiger charge is -2.32. The van der Waals surface area contributed by atoms with Crippen molar-refractivity contribution in [2.24, 2.45) is 0 Å². The maximum Gasteiger partial charge on any atom is 0.494 e. The van der Waals surface area contributed by atoms with Gasteiger partial charge in [0.2, 0.25) is 0 Å². The van der Waals surface area contributed by atoms with E-state index in [1.54, 1.807) is 0 Å². The number of rotatable bonds is 4. The van der Waals surface area contributed by atoms with Gasteiger partial charge in [-0.2, -0.15) is 0 Å². The molecule has 2 heterocycles. The highest BCUT2D eigenvalue weighted by Crippen LogP contribution is 2.38. The molecule has 1 unspecified atom stereocenters. The first kappa shape index (κ1) is 19.4. The predicted molar refractivity (Wildman–Crippen MR) is 103 cm³/mol. The van der Waals surface area contributed by atoms with Crippen LogP contribution in [0.25, 0.3) is 0 Å². The van der Waals surface area contributed by atoms with E-state index >= 15 is 0 Å². The molecule has 2 fully saturated rings. The lowest BCUT2D eigenvalue weighted by Crippen LogP contribution is -2.41. The van der Waals surface area contributed by atoms with E-state index in [1.165, 1.54) is 0 Å². The van der Waals surface area contributed by atoms with Crippen molar-refractivity contribution < 1.29 is 18.8 Å². The topological polar surface area (TPSA) is 48.0 Å². The highest BCUT2D eigenvalue weighted by Gasteiger charge is 2.52. The summed E-state index contributed by atoms with van der Waals surface area (Å²) in [6.45, 7) is 12.0. The van der Waals surface area contributed by atoms with Gasteiger partial charge >= 0.3 is 13.1 Å². The van der Waals surface area contributed by atoms with Gasteiger partial charge in [-0.3, -0.25) is 4.79 Å². The van der Waals surface area contributed by atoms with Crippen LogP contribution in [0.1, 0.15) is 46.6 Å². The van der Waals surface area contributed by atoms with Gasteiger partial charge in [-0.15, -0.1) is 0 Å². The molecule has 0 spiro atoms. The van der Waals surface area contributed by atoms with Crippen molar-refractivity contribution in [3.05, 3.63) is 29.8 Å². The summed E-state index contributed by atoms with van der Waals surface area (Å²) in [7, 11) is 1.65. The Morgan fingerprint density at radius 3 is 2.19 bits per heavy atom. The van der Waals surface area contributed by atoms with E-state index in [2.05, 4.69) is 4.90 Å². The van der Waals surface area contributed by atoms with Gasteiger partial charge in [0, 0.05) is 6.54 Å². The summed E-state index contributed by atoms with van der Waals surface area (Å²) < 4.78 is 17.6. The third-order valence-electron chi connectivity index (χ3n) is 6.11. The Kier molecular flexibility index (Phi) is 4.97. The summed E-state index contributed by atoms with van der Waals surface area (Å²) in [5, 5.41) is 0. The Hall–Kier alpha value is -1.37. The maximum absolute atomic E-state index is 12.7. The van der Waals surface area contributed by atoms with Crippen LogP contribution in [0, 0.1) is 0 Å². The van der Waals surface area contributed by atoms with Crippen molar-refractivity contribution in [2.45, 2.75) is 57.7 Å². The second-order valence-corrected chi connectivity index (χ2v) is 8.50. The fourth-order valence-electron chi connectivity index (χ4n) is 3.73. The molecular weight excluding hydrogens is 329 g/mol. The minimum atomic E-state index is -0.584. The zero-order chi connectivity index (χ0) is 19.2. The first-order chi connectivity index (χ1) is 12.1. The van der Waals surface area contributed by atoms with Gasteiger partial charge in [0.1, 0.15) is 5.41 Å². The average Bonchev–Trinajstić information content (AvgIpc) is 3.06. The Labute approximate surface area is 157 Å². The Balaban J connectivity index is 1.86. The number of likely N-dealkylation sites (tertiary alicyclic amines) is 1. The number of carbonyl (C=O) groups excluding carboxylic acids is 1. The van der Waals surface area contributed by atoms with E-state index in [4.69, 9.17) is 14.0 Å². The van der Waals surface area contributed by atoms with Crippen molar-refractivity contribution in [1.29, 1.82) is 0 Å². The normalized spacial score (nSPS) is 27.7. The van der Waals surface area contributed by atoms with Crippen molar-refractivity contribution >= 4 is 18.6 Å². The average molecular weight is 359 g/mol. The summed E-state index contributed by atoms with van der Waals surface area (Å²) in [5.74, 6) is -0.132. The van der Waals surface area contributed by atoms with E-state index < -0.39 is 5.41 Å². The van der Waals surface area contributed by atoms with Crippen molar-refractivity contribution in [2.75, 3.05) is 26.7 Å². The summed E-state index contributed by atoms with van der Waals surface area (Å²) in [4.78, 5) is 14.9. The molecule has 6 heteroatoms. The minimum Gasteiger partial charge on any atom is -0.465 e. The van der Waals surface area contributed by atoms with Crippen LogP contribution < -0.4 is 5.46 Å². The van der Waals surface area contributed by atoms with E-state index in [1.807, 2.05) is 65.9 Å². The van der Waals surface area contributed by atoms with Crippen LogP contribution in [0.4, 0.5) is 0 Å². The van der Waals surface area contributed by atoms with E-state index in [9.17, 15) is 4.79 Å². The first-order valence-corrected chi connectivity index (χ1v) is 9.43. The molecule has 1 aromatic carbocycles. The maximum atomic E-state index is 12.7. The zero-order valence-electron chi connectivity index (χ0n) is 16.8. The molecule has 1 aromatic rings. The Bertz CT molecular complexity index is 657. The number of hydrogen-bond donors (Lipinski definition) is 0. The molecule has 3 rings (SSSR count). The first-order valence-electron chi connectivity index (χ1n) is 9.43. The predicted octanol–water partition coefficient (Wildman–Crippen LogP) is 2.12. The summed E-state index contributed by atoms with van der Waals surface area (Å²) >= 11 is 0. The quantitative estimate of drug-likeness (QED) is 0.609. The third kappa shape index (κ3) is 3.19. The highest BCUT2D eigenvalue weighted by atomic mass is 16.7. The molecule has 26 heavy (non-hydrogen) atoms. The molecule has 0 aliphatic carbocycles. The molecule has 0 radical (unpaired) electrons. The van der Waals surface area contributed by atoms with Crippen LogP contribution >= 0.6 is 0 Å². The molecule has 1 atom stereocenters. The lowest BCUT2D eigenvalue weighted by atomic mass is 9.75. The zero-order valence-corrected chi connectivity index (χ0v) is 16.8. The molecule has 0 amide bonds. The van der Waals surface area contributed by atoms with Crippen LogP contribution in [0.5, 0.6) is 0 Å². The van der Waals surface area contributed by atoms with Gasteiger partial charge in [-0.1, -0.05) is 24.3 Å². The number of carbonyl (C=O) groups is 1. The molecule has 142 valence electrons. The lowest BCUT2D eigenvalue weighted by molar-refractivity contribution is -0.149. The van der Waals surface area contributed by atoms with Crippen LogP contribution in [-0.2, 0) is 24.3 Å². The Morgan fingerprint density at radius 2 is 1.73 bits per heavy atom. The molecule has 2 aliphatic rings. The number of nitrogens with zero attached hydrogens (tertiary/aromatic N) is 1. The van der Waals surface area contributed by atoms with Crippen LogP contribution in [0.15, 0.2) is 24.3 Å². The van der Waals surface area contributed by atoms with Gasteiger partial charge in [0.25, 0.3) is 0 Å². The van der Waals surface area contributed by atoms with Crippen LogP contribution in [-0.4, -0.2) is 55.9 Å². The molecule has 0 aromatic heterocycles. The Morgan fingerprint density at radius 1 is 1.15 bits per heavy atom. The number of esters is 1. The fourth-order valence-corrected chi connectivity index (χ4v) is 3.73. The summed E-state index contributed by atoms with van der Waals surface area (Å²) in [6, 6.07) is 8.07. The van der Waals surface area contributed by atoms with Gasteiger partial charge in [-0.25, -0.2) is 0 Å². The fraction of sp³-hybridized carbons (Fsp3) is 0.650. The SMILES string of the molecule is CCOC(=O)C1(c2ccc(B3OC(C)(C)C(C)(C)O3)cc2)CCN(C)C1. The second-order valence-electron chi connectivity index (χ2n) is 8.50. The number of benzene rings is 1. The van der Waals surface area contributed by atoms with Gasteiger partial charge in [0.05, 0.1) is 17.8 Å². The van der Waals surface area contributed by atoms with E-state index in [0.717, 1.165) is 24.0 Å². The molecule has 0 bridgehead atoms. The number of ether oxygens (including phenoxy) is 1. The standard InChI is InChI=1S/C20H30BNO4/c1-7-24-17(23)20(12-13-22(6)14-20)15-8-10-16(11-9-15)21-25-18(2,3)19(4,5)26-21/h8-11H,7,12-14H2,1-6H3. The molecule has 2 saturated heterocycles. The van der Waals surface area contributed by atoms with Gasteiger partial charge in [-0.05, 0) is 65.7 Å². The summed E-state index contributed by atoms with van der Waals surface area (Å²) in [6.07, 6.45) is 0.776. The third-order valence-corrected chi connectivity index (χ3v) is 6.11. The molecule has 0 N–H and O–H groups in total. The highest BCUT2D eigenvalue weighted by molar-refractivity contribution is 6.62. The summed E-state index contributed by atoms with van der Waals surface area (Å²) in [5.41, 5.74) is 0.658. The van der Waals surface area contributed by atoms with E-state index in [0.29, 0.717) is 13.2 Å². The van der Waals surface area contributed by atoms with Crippen LogP contribution in [0.3, 0.4) is 0 Å². The molecule has 2 aliphatic heterocycles.